The van der Waals surface area contributed by atoms with Gasteiger partial charge in [0.25, 0.3) is 0 Å². The van der Waals surface area contributed by atoms with Gasteiger partial charge in [-0.05, 0) is 17.2 Å². The van der Waals surface area contributed by atoms with Crippen molar-refractivity contribution >= 4 is 34.5 Å². The number of azide groups is 1. The van der Waals surface area contributed by atoms with E-state index in [0.29, 0.717) is 17.2 Å². The van der Waals surface area contributed by atoms with E-state index in [1.54, 1.807) is 17.4 Å². The van der Waals surface area contributed by atoms with Gasteiger partial charge < -0.3 is 5.43 Å². The number of halogens is 3. The average Bonchev–Trinajstić information content (AvgIpc) is 2.61. The van der Waals surface area contributed by atoms with Crippen molar-refractivity contribution in [1.82, 2.24) is 10.4 Å². The lowest BCUT2D eigenvalue weighted by atomic mass is 10.0. The van der Waals surface area contributed by atoms with Crippen LogP contribution >= 0.6 is 23.2 Å². The third-order valence-corrected chi connectivity index (χ3v) is 4.18. The summed E-state index contributed by atoms with van der Waals surface area (Å²) in [7, 11) is 0. The minimum Gasteiger partial charge on any atom is -0.305 e. The molecule has 1 aliphatic rings. The third-order valence-electron chi connectivity index (χ3n) is 3.59. The second kappa shape index (κ2) is 7.49. The van der Waals surface area contributed by atoms with E-state index in [9.17, 15) is 4.39 Å². The predicted octanol–water partition coefficient (Wildman–Crippen LogP) is 5.86. The number of hydrazine groups is 1. The first-order chi connectivity index (χ1) is 12.1. The van der Waals surface area contributed by atoms with Gasteiger partial charge in [-0.15, -0.1) is 0 Å². The highest BCUT2D eigenvalue weighted by Crippen LogP contribution is 2.38. The molecule has 0 unspecified atom stereocenters. The van der Waals surface area contributed by atoms with Gasteiger partial charge in [-0.1, -0.05) is 64.7 Å². The van der Waals surface area contributed by atoms with Crippen LogP contribution in [0.3, 0.4) is 0 Å². The van der Waals surface area contributed by atoms with Crippen molar-refractivity contribution in [3.63, 3.8) is 0 Å². The second-order valence-electron chi connectivity index (χ2n) is 5.22. The van der Waals surface area contributed by atoms with Crippen molar-refractivity contribution in [3.05, 3.63) is 92.3 Å². The van der Waals surface area contributed by atoms with E-state index in [-0.39, 0.29) is 16.3 Å². The SMILES string of the molecule is [N-]=[N+]=Nc1ccc(Cl)c(F)c1C1=CNN(Cc2ccccc2)C=C1Cl. The molecule has 0 amide bonds. The van der Waals surface area contributed by atoms with Crippen molar-refractivity contribution in [1.29, 1.82) is 0 Å². The molecule has 8 heteroatoms. The zero-order valence-electron chi connectivity index (χ0n) is 12.8. The number of rotatable bonds is 4. The lowest BCUT2D eigenvalue weighted by Crippen LogP contribution is -2.31. The molecule has 0 aliphatic carbocycles. The number of benzene rings is 2. The summed E-state index contributed by atoms with van der Waals surface area (Å²) in [6.07, 6.45) is 3.19. The maximum atomic E-state index is 14.5. The Balaban J connectivity index is 1.92. The molecular weight excluding hydrogens is 364 g/mol. The normalized spacial score (nSPS) is 13.5. The molecule has 1 N–H and O–H groups in total. The molecule has 0 fully saturated rings. The summed E-state index contributed by atoms with van der Waals surface area (Å²) in [4.78, 5) is 2.72. The van der Waals surface area contributed by atoms with Gasteiger partial charge in [0.05, 0.1) is 16.6 Å². The topological polar surface area (TPSA) is 64.0 Å². The van der Waals surface area contributed by atoms with Crippen LogP contribution in [0.2, 0.25) is 5.02 Å². The number of nitrogens with one attached hydrogen (secondary N) is 1. The van der Waals surface area contributed by atoms with Crippen LogP contribution in [0.1, 0.15) is 11.1 Å². The molecule has 0 saturated heterocycles. The van der Waals surface area contributed by atoms with E-state index in [0.717, 1.165) is 5.56 Å². The Labute approximate surface area is 153 Å². The Hall–Kier alpha value is -2.66. The van der Waals surface area contributed by atoms with Crippen molar-refractivity contribution < 1.29 is 4.39 Å². The van der Waals surface area contributed by atoms with Crippen LogP contribution in [-0.2, 0) is 6.54 Å². The quantitative estimate of drug-likeness (QED) is 0.413. The van der Waals surface area contributed by atoms with Crippen LogP contribution in [0, 0.1) is 5.82 Å². The summed E-state index contributed by atoms with van der Waals surface area (Å²) in [5.74, 6) is -0.692. The second-order valence-corrected chi connectivity index (χ2v) is 6.04. The fraction of sp³-hybridized carbons (Fsp3) is 0.0588. The number of nitrogens with zero attached hydrogens (tertiary/aromatic N) is 4. The first kappa shape index (κ1) is 17.2. The highest BCUT2D eigenvalue weighted by molar-refractivity contribution is 6.37. The fourth-order valence-electron chi connectivity index (χ4n) is 2.45. The van der Waals surface area contributed by atoms with E-state index >= 15 is 0 Å². The molecule has 2 aromatic carbocycles. The molecule has 126 valence electrons. The molecule has 2 aromatic rings. The van der Waals surface area contributed by atoms with Gasteiger partial charge in [0.15, 0.2) is 0 Å². The van der Waals surface area contributed by atoms with Gasteiger partial charge in [0, 0.05) is 34.1 Å². The molecule has 0 saturated carbocycles. The molecule has 0 aromatic heterocycles. The standard InChI is InChI=1S/C17H12Cl2FN5/c18-13-6-7-15(23-24-21)16(17(13)20)12-8-22-25(10-14(12)19)9-11-4-2-1-3-5-11/h1-8,10,22H,9H2. The summed E-state index contributed by atoms with van der Waals surface area (Å²) in [5.41, 5.74) is 13.3. The van der Waals surface area contributed by atoms with Gasteiger partial charge in [0.1, 0.15) is 5.82 Å². The van der Waals surface area contributed by atoms with Gasteiger partial charge in [-0.2, -0.15) is 0 Å². The minimum absolute atomic E-state index is 0.0541. The Kier molecular flexibility index (Phi) is 5.14. The molecule has 25 heavy (non-hydrogen) atoms. The van der Waals surface area contributed by atoms with Crippen molar-refractivity contribution in [2.45, 2.75) is 6.54 Å². The van der Waals surface area contributed by atoms with Crippen LogP contribution in [0.5, 0.6) is 0 Å². The molecule has 0 bridgehead atoms. The van der Waals surface area contributed by atoms with E-state index in [2.05, 4.69) is 15.5 Å². The summed E-state index contributed by atoms with van der Waals surface area (Å²) in [6.45, 7) is 0.572. The lowest BCUT2D eigenvalue weighted by Gasteiger charge is -2.26. The van der Waals surface area contributed by atoms with Gasteiger partial charge in [-0.25, -0.2) is 4.39 Å². The van der Waals surface area contributed by atoms with Gasteiger partial charge >= 0.3 is 0 Å². The Morgan fingerprint density at radius 2 is 1.92 bits per heavy atom. The lowest BCUT2D eigenvalue weighted by molar-refractivity contribution is 0.304. The number of hydrogen-bond acceptors (Lipinski definition) is 3. The number of hydrogen-bond donors (Lipinski definition) is 1. The number of allylic oxidation sites excluding steroid dienone is 2. The molecule has 0 atom stereocenters. The highest BCUT2D eigenvalue weighted by Gasteiger charge is 2.21. The third kappa shape index (κ3) is 3.72. The Bertz CT molecular complexity index is 905. The molecule has 0 radical (unpaired) electrons. The summed E-state index contributed by atoms with van der Waals surface area (Å²) in [6, 6.07) is 12.6. The highest BCUT2D eigenvalue weighted by atomic mass is 35.5. The first-order valence-corrected chi connectivity index (χ1v) is 8.04. The molecule has 1 heterocycles. The van der Waals surface area contributed by atoms with Gasteiger partial charge in [-0.3, -0.25) is 5.01 Å². The maximum absolute atomic E-state index is 14.5. The van der Waals surface area contributed by atoms with E-state index in [4.69, 9.17) is 28.7 Å². The Morgan fingerprint density at radius 3 is 2.60 bits per heavy atom. The summed E-state index contributed by atoms with van der Waals surface area (Å²) in [5, 5.41) is 5.50. The monoisotopic (exact) mass is 375 g/mol. The summed E-state index contributed by atoms with van der Waals surface area (Å²) < 4.78 is 14.5. The first-order valence-electron chi connectivity index (χ1n) is 7.28. The molecule has 0 spiro atoms. The zero-order chi connectivity index (χ0) is 17.8. The largest absolute Gasteiger partial charge is 0.305 e. The van der Waals surface area contributed by atoms with Crippen LogP contribution in [0.15, 0.2) is 65.0 Å². The molecule has 5 nitrogen and oxygen atoms in total. The predicted molar refractivity (Wildman–Crippen MR) is 97.2 cm³/mol. The van der Waals surface area contributed by atoms with Crippen molar-refractivity contribution in [2.24, 2.45) is 5.11 Å². The maximum Gasteiger partial charge on any atom is 0.150 e. The smallest absolute Gasteiger partial charge is 0.150 e. The van der Waals surface area contributed by atoms with Gasteiger partial charge in [0.2, 0.25) is 0 Å². The Morgan fingerprint density at radius 1 is 1.16 bits per heavy atom. The minimum atomic E-state index is -0.692. The van der Waals surface area contributed by atoms with E-state index in [1.807, 2.05) is 30.3 Å². The van der Waals surface area contributed by atoms with Crippen LogP contribution in [0.4, 0.5) is 10.1 Å². The van der Waals surface area contributed by atoms with E-state index in [1.165, 1.54) is 12.1 Å². The fourth-order valence-corrected chi connectivity index (χ4v) is 2.88. The van der Waals surface area contributed by atoms with Crippen LogP contribution in [-0.4, -0.2) is 5.01 Å². The zero-order valence-corrected chi connectivity index (χ0v) is 14.3. The summed E-state index contributed by atoms with van der Waals surface area (Å²) >= 11 is 12.2. The van der Waals surface area contributed by atoms with Crippen molar-refractivity contribution in [2.75, 3.05) is 0 Å². The average molecular weight is 376 g/mol. The van der Waals surface area contributed by atoms with E-state index < -0.39 is 5.82 Å². The van der Waals surface area contributed by atoms with Crippen LogP contribution < -0.4 is 5.43 Å². The van der Waals surface area contributed by atoms with Crippen molar-refractivity contribution in [3.8, 4) is 0 Å². The molecule has 3 rings (SSSR count). The molecule has 1 aliphatic heterocycles. The van der Waals surface area contributed by atoms with Crippen LogP contribution in [0.25, 0.3) is 16.0 Å². The molecular formula is C17H12Cl2FN5.